The van der Waals surface area contributed by atoms with Crippen LogP contribution in [0.25, 0.3) is 0 Å². The number of anilines is 1. The number of unbranched alkanes of at least 4 members (excludes halogenated alkanes) is 1. The van der Waals surface area contributed by atoms with E-state index >= 15 is 0 Å². The predicted molar refractivity (Wildman–Crippen MR) is 151 cm³/mol. The number of carbonyl (C=O) groups is 1. The Morgan fingerprint density at radius 2 is 1.89 bits per heavy atom. The second-order valence-corrected chi connectivity index (χ2v) is 11.4. The highest BCUT2D eigenvalue weighted by Crippen LogP contribution is 2.39. The summed E-state index contributed by atoms with van der Waals surface area (Å²) in [4.78, 5) is 22.1. The van der Waals surface area contributed by atoms with Crippen LogP contribution in [0.1, 0.15) is 46.5 Å². The van der Waals surface area contributed by atoms with Gasteiger partial charge in [-0.2, -0.15) is 0 Å². The van der Waals surface area contributed by atoms with Crippen molar-refractivity contribution in [1.29, 1.82) is 0 Å². The first-order chi connectivity index (χ1) is 18.3. The summed E-state index contributed by atoms with van der Waals surface area (Å²) in [6.45, 7) is 4.99. The van der Waals surface area contributed by atoms with Gasteiger partial charge in [-0.3, -0.25) is 20.0 Å². The average Bonchev–Trinajstić information content (AvgIpc) is 3.40. The van der Waals surface area contributed by atoms with Crippen molar-refractivity contribution in [2.45, 2.75) is 36.7 Å². The third-order valence-corrected chi connectivity index (χ3v) is 9.11. The summed E-state index contributed by atoms with van der Waals surface area (Å²) < 4.78 is 0. The molecule has 3 atom stereocenters. The van der Waals surface area contributed by atoms with Crippen LogP contribution in [0.15, 0.2) is 73.1 Å². The van der Waals surface area contributed by atoms with Crippen molar-refractivity contribution >= 4 is 23.4 Å². The lowest BCUT2D eigenvalue weighted by molar-refractivity contribution is -0.122. The Labute approximate surface area is 223 Å². The second kappa shape index (κ2) is 11.3. The van der Waals surface area contributed by atoms with Crippen molar-refractivity contribution in [3.05, 3.63) is 95.3 Å². The van der Waals surface area contributed by atoms with Gasteiger partial charge in [0.15, 0.2) is 0 Å². The molecule has 1 aromatic heterocycles. The minimum Gasteiger partial charge on any atom is -0.362 e. The van der Waals surface area contributed by atoms with E-state index in [0.29, 0.717) is 6.04 Å². The van der Waals surface area contributed by atoms with Crippen LogP contribution in [-0.4, -0.2) is 60.3 Å². The van der Waals surface area contributed by atoms with Gasteiger partial charge in [0.25, 0.3) is 0 Å². The Morgan fingerprint density at radius 1 is 1.03 bits per heavy atom. The number of aromatic nitrogens is 1. The zero-order valence-electron chi connectivity index (χ0n) is 21.2. The van der Waals surface area contributed by atoms with Crippen LogP contribution in [0.3, 0.4) is 0 Å². The maximum atomic E-state index is 12.7. The molecule has 7 heteroatoms. The smallest absolute Gasteiger partial charge is 0.238 e. The molecule has 3 aromatic rings. The lowest BCUT2D eigenvalue weighted by Crippen LogP contribution is -2.48. The van der Waals surface area contributed by atoms with E-state index in [1.165, 1.54) is 22.4 Å². The highest BCUT2D eigenvalue weighted by atomic mass is 32.2. The molecule has 1 unspecified atom stereocenters. The molecule has 0 bridgehead atoms. The van der Waals surface area contributed by atoms with Crippen molar-refractivity contribution in [3.8, 4) is 0 Å². The summed E-state index contributed by atoms with van der Waals surface area (Å²) >= 11 is 1.77. The largest absolute Gasteiger partial charge is 0.362 e. The molecule has 2 aromatic carbocycles. The third kappa shape index (κ3) is 5.40. The molecule has 0 saturated carbocycles. The number of nitrogens with zero attached hydrogens (tertiary/aromatic N) is 3. The first-order valence-electron chi connectivity index (χ1n) is 13.5. The van der Waals surface area contributed by atoms with E-state index in [9.17, 15) is 4.79 Å². The van der Waals surface area contributed by atoms with E-state index in [1.54, 1.807) is 18.0 Å². The van der Waals surface area contributed by atoms with Crippen LogP contribution in [0, 0.1) is 0 Å². The molecule has 3 aliphatic rings. The Bertz CT molecular complexity index is 1220. The standard InChI is InChI=1S/C30H35N5OS/c36-29(26-21-37-30(33-26)24-10-7-13-31-19-24)32-14-5-6-15-34-16-17-35-27-12-4-2-9-23(27)18-22-8-1-3-11-25(22)28(35)20-34/h1-4,7-13,19,26,28,30,33H,5-6,14-18,20-21H2,(H,32,36)/t26-,28-,30?/m0/s1. The maximum Gasteiger partial charge on any atom is 0.238 e. The number of rotatable bonds is 7. The Hall–Kier alpha value is -2.87. The Kier molecular flexibility index (Phi) is 7.44. The van der Waals surface area contributed by atoms with Gasteiger partial charge in [-0.05, 0) is 60.2 Å². The molecule has 3 aliphatic heterocycles. The number of pyridine rings is 1. The first kappa shape index (κ1) is 24.5. The SMILES string of the molecule is O=C(NCCCCN1CCN2c3ccccc3Cc3ccccc3[C@@H]2C1)[C@@H]1CSC(c2cccnc2)N1. The van der Waals surface area contributed by atoms with E-state index in [0.717, 1.165) is 63.3 Å². The molecular weight excluding hydrogens is 478 g/mol. The molecule has 37 heavy (non-hydrogen) atoms. The van der Waals surface area contributed by atoms with Crippen LogP contribution in [0.2, 0.25) is 0 Å². The monoisotopic (exact) mass is 513 g/mol. The number of amides is 1. The van der Waals surface area contributed by atoms with Crippen LogP contribution >= 0.6 is 11.8 Å². The number of fused-ring (bicyclic) bond motifs is 5. The van der Waals surface area contributed by atoms with Gasteiger partial charge in [0.1, 0.15) is 0 Å². The topological polar surface area (TPSA) is 60.5 Å². The summed E-state index contributed by atoms with van der Waals surface area (Å²) in [5.74, 6) is 0.906. The average molecular weight is 514 g/mol. The normalized spacial score (nSPS) is 23.0. The maximum absolute atomic E-state index is 12.7. The quantitative estimate of drug-likeness (QED) is 0.463. The molecule has 192 valence electrons. The molecule has 6 nitrogen and oxygen atoms in total. The fourth-order valence-electron chi connectivity index (χ4n) is 5.90. The van der Waals surface area contributed by atoms with E-state index in [-0.39, 0.29) is 17.3 Å². The van der Waals surface area contributed by atoms with E-state index < -0.39 is 0 Å². The summed E-state index contributed by atoms with van der Waals surface area (Å²) in [5, 5.41) is 6.74. The highest BCUT2D eigenvalue weighted by molar-refractivity contribution is 7.99. The van der Waals surface area contributed by atoms with Gasteiger partial charge in [-0.15, -0.1) is 11.8 Å². The van der Waals surface area contributed by atoms with Gasteiger partial charge in [-0.25, -0.2) is 0 Å². The van der Waals surface area contributed by atoms with E-state index in [1.807, 2.05) is 12.3 Å². The Morgan fingerprint density at radius 3 is 2.78 bits per heavy atom. The molecule has 0 spiro atoms. The molecule has 4 heterocycles. The number of piperazine rings is 1. The summed E-state index contributed by atoms with van der Waals surface area (Å²) in [7, 11) is 0. The zero-order valence-corrected chi connectivity index (χ0v) is 22.0. The van der Waals surface area contributed by atoms with Crippen molar-refractivity contribution in [2.75, 3.05) is 43.4 Å². The van der Waals surface area contributed by atoms with Crippen LogP contribution in [0.5, 0.6) is 0 Å². The molecule has 6 rings (SSSR count). The van der Waals surface area contributed by atoms with E-state index in [4.69, 9.17) is 0 Å². The van der Waals surface area contributed by atoms with Crippen LogP contribution in [-0.2, 0) is 11.2 Å². The number of carbonyl (C=O) groups excluding carboxylic acids is 1. The predicted octanol–water partition coefficient (Wildman–Crippen LogP) is 4.15. The van der Waals surface area contributed by atoms with Crippen LogP contribution < -0.4 is 15.5 Å². The number of para-hydroxylation sites is 1. The molecular formula is C30H35N5OS. The van der Waals surface area contributed by atoms with Gasteiger partial charge in [0, 0.05) is 50.0 Å². The van der Waals surface area contributed by atoms with Crippen molar-refractivity contribution in [2.24, 2.45) is 0 Å². The fourth-order valence-corrected chi connectivity index (χ4v) is 7.13. The van der Waals surface area contributed by atoms with Crippen molar-refractivity contribution < 1.29 is 4.79 Å². The summed E-state index contributed by atoms with van der Waals surface area (Å²) in [6, 6.07) is 22.2. The van der Waals surface area contributed by atoms with Gasteiger partial charge in [0.2, 0.25) is 5.91 Å². The second-order valence-electron chi connectivity index (χ2n) is 10.2. The molecule has 1 amide bonds. The minimum atomic E-state index is -0.138. The lowest BCUT2D eigenvalue weighted by atomic mass is 9.96. The van der Waals surface area contributed by atoms with Gasteiger partial charge in [-0.1, -0.05) is 48.5 Å². The molecule has 0 radical (unpaired) electrons. The number of thioether (sulfide) groups is 1. The Balaban J connectivity index is 0.983. The van der Waals surface area contributed by atoms with Crippen molar-refractivity contribution in [1.82, 2.24) is 20.5 Å². The number of benzene rings is 2. The van der Waals surface area contributed by atoms with Crippen molar-refractivity contribution in [3.63, 3.8) is 0 Å². The zero-order chi connectivity index (χ0) is 25.0. The molecule has 0 aliphatic carbocycles. The number of nitrogens with one attached hydrogen (secondary N) is 2. The molecule has 2 saturated heterocycles. The van der Waals surface area contributed by atoms with E-state index in [2.05, 4.69) is 80.0 Å². The molecule has 2 fully saturated rings. The van der Waals surface area contributed by atoms with Gasteiger partial charge >= 0.3 is 0 Å². The summed E-state index contributed by atoms with van der Waals surface area (Å²) in [5.41, 5.74) is 6.89. The summed E-state index contributed by atoms with van der Waals surface area (Å²) in [6.07, 6.45) is 6.76. The number of hydrogen-bond donors (Lipinski definition) is 2. The first-order valence-corrected chi connectivity index (χ1v) is 14.5. The highest BCUT2D eigenvalue weighted by Gasteiger charge is 2.33. The lowest BCUT2D eigenvalue weighted by Gasteiger charge is -2.43. The number of hydrogen-bond acceptors (Lipinski definition) is 6. The minimum absolute atomic E-state index is 0.112. The fraction of sp³-hybridized carbons (Fsp3) is 0.400. The van der Waals surface area contributed by atoms with Crippen LogP contribution in [0.4, 0.5) is 5.69 Å². The third-order valence-electron chi connectivity index (χ3n) is 7.85. The van der Waals surface area contributed by atoms with Gasteiger partial charge < -0.3 is 10.2 Å². The molecule has 2 N–H and O–H groups in total. The van der Waals surface area contributed by atoms with Gasteiger partial charge in [0.05, 0.1) is 17.5 Å².